The van der Waals surface area contributed by atoms with Gasteiger partial charge >= 0.3 is 0 Å². The van der Waals surface area contributed by atoms with Crippen LogP contribution in [0.15, 0.2) is 4.52 Å². The first-order valence-corrected chi connectivity index (χ1v) is 4.85. The number of aromatic nitrogens is 2. The Morgan fingerprint density at radius 2 is 2.36 bits per heavy atom. The van der Waals surface area contributed by atoms with Gasteiger partial charge in [0.2, 0.25) is 5.89 Å². The molecule has 1 aliphatic carbocycles. The van der Waals surface area contributed by atoms with E-state index >= 15 is 0 Å². The first-order chi connectivity index (χ1) is 6.74. The molecule has 0 atom stereocenters. The molecular formula is C9H15N3O2. The first-order valence-electron chi connectivity index (χ1n) is 4.85. The van der Waals surface area contributed by atoms with Gasteiger partial charge in [-0.25, -0.2) is 0 Å². The molecule has 78 valence electrons. The van der Waals surface area contributed by atoms with E-state index in [1.54, 1.807) is 6.92 Å². The molecule has 0 unspecified atom stereocenters. The third kappa shape index (κ3) is 2.10. The Kier molecular flexibility index (Phi) is 2.52. The van der Waals surface area contributed by atoms with Crippen molar-refractivity contribution >= 4 is 0 Å². The highest BCUT2D eigenvalue weighted by molar-refractivity contribution is 4.95. The largest absolute Gasteiger partial charge is 0.396 e. The Balaban J connectivity index is 1.73. The summed E-state index contributed by atoms with van der Waals surface area (Å²) >= 11 is 0. The number of rotatable bonds is 5. The minimum atomic E-state index is 0.138. The fraction of sp³-hybridized carbons (Fsp3) is 0.778. The van der Waals surface area contributed by atoms with Gasteiger partial charge in [0.05, 0.1) is 6.54 Å². The maximum atomic E-state index is 9.07. The van der Waals surface area contributed by atoms with Gasteiger partial charge < -0.3 is 14.9 Å². The molecule has 0 saturated heterocycles. The third-order valence-corrected chi connectivity index (χ3v) is 2.65. The quantitative estimate of drug-likeness (QED) is 0.707. The molecule has 1 fully saturated rings. The van der Waals surface area contributed by atoms with E-state index in [9.17, 15) is 0 Å². The van der Waals surface area contributed by atoms with Gasteiger partial charge in [-0.05, 0) is 12.8 Å². The average Bonchev–Trinajstić information content (AvgIpc) is 2.84. The average molecular weight is 197 g/mol. The molecule has 1 aliphatic rings. The standard InChI is InChI=1S/C9H15N3O2/c1-7-11-8(12-14-7)4-10-5-9(6-13)2-3-9/h10,13H,2-6H2,1H3. The maximum Gasteiger partial charge on any atom is 0.223 e. The summed E-state index contributed by atoms with van der Waals surface area (Å²) in [6.45, 7) is 3.48. The summed E-state index contributed by atoms with van der Waals surface area (Å²) in [6, 6.07) is 0. The van der Waals surface area contributed by atoms with E-state index in [2.05, 4.69) is 15.5 Å². The Morgan fingerprint density at radius 1 is 1.57 bits per heavy atom. The number of aliphatic hydroxyl groups is 1. The van der Waals surface area contributed by atoms with Gasteiger partial charge in [-0.15, -0.1) is 0 Å². The number of hydrogen-bond donors (Lipinski definition) is 2. The van der Waals surface area contributed by atoms with Crippen LogP contribution in [0.5, 0.6) is 0 Å². The van der Waals surface area contributed by atoms with Crippen LogP contribution in [-0.4, -0.2) is 28.4 Å². The molecule has 1 aromatic rings. The molecule has 14 heavy (non-hydrogen) atoms. The molecule has 0 aliphatic heterocycles. The molecular weight excluding hydrogens is 182 g/mol. The second-order valence-electron chi connectivity index (χ2n) is 3.99. The van der Waals surface area contributed by atoms with Crippen LogP contribution in [0, 0.1) is 12.3 Å². The Hall–Kier alpha value is -0.940. The highest BCUT2D eigenvalue weighted by atomic mass is 16.5. The smallest absolute Gasteiger partial charge is 0.223 e. The first kappa shape index (κ1) is 9.61. The molecule has 5 nitrogen and oxygen atoms in total. The zero-order valence-electron chi connectivity index (χ0n) is 8.29. The second kappa shape index (κ2) is 3.67. The number of aliphatic hydroxyl groups excluding tert-OH is 1. The molecule has 1 heterocycles. The number of hydrogen-bond acceptors (Lipinski definition) is 5. The lowest BCUT2D eigenvalue weighted by atomic mass is 10.1. The van der Waals surface area contributed by atoms with E-state index in [0.717, 1.165) is 19.4 Å². The Morgan fingerprint density at radius 3 is 2.86 bits per heavy atom. The summed E-state index contributed by atoms with van der Waals surface area (Å²) in [7, 11) is 0. The van der Waals surface area contributed by atoms with Crippen molar-refractivity contribution in [3.63, 3.8) is 0 Å². The van der Waals surface area contributed by atoms with Crippen LogP contribution in [0.3, 0.4) is 0 Å². The minimum absolute atomic E-state index is 0.138. The summed E-state index contributed by atoms with van der Waals surface area (Å²) in [4.78, 5) is 4.07. The van der Waals surface area contributed by atoms with Crippen LogP contribution in [-0.2, 0) is 6.54 Å². The van der Waals surface area contributed by atoms with E-state index in [1.165, 1.54) is 0 Å². The van der Waals surface area contributed by atoms with Crippen molar-refractivity contribution in [1.82, 2.24) is 15.5 Å². The monoisotopic (exact) mass is 197 g/mol. The van der Waals surface area contributed by atoms with Crippen molar-refractivity contribution < 1.29 is 9.63 Å². The summed E-state index contributed by atoms with van der Waals surface area (Å²) in [5.74, 6) is 1.27. The van der Waals surface area contributed by atoms with Crippen LogP contribution in [0.1, 0.15) is 24.6 Å². The Labute approximate surface area is 82.5 Å². The zero-order valence-corrected chi connectivity index (χ0v) is 8.29. The fourth-order valence-electron chi connectivity index (χ4n) is 1.42. The van der Waals surface area contributed by atoms with Crippen molar-refractivity contribution in [2.45, 2.75) is 26.3 Å². The molecule has 0 bridgehead atoms. The van der Waals surface area contributed by atoms with Gasteiger partial charge in [0.25, 0.3) is 0 Å². The van der Waals surface area contributed by atoms with Crippen molar-refractivity contribution in [1.29, 1.82) is 0 Å². The van der Waals surface area contributed by atoms with E-state index in [1.807, 2.05) is 0 Å². The molecule has 0 radical (unpaired) electrons. The lowest BCUT2D eigenvalue weighted by Gasteiger charge is -2.10. The molecule has 2 N–H and O–H groups in total. The zero-order chi connectivity index (χ0) is 10.0. The van der Waals surface area contributed by atoms with Gasteiger partial charge in [-0.3, -0.25) is 0 Å². The molecule has 0 spiro atoms. The predicted octanol–water partition coefficient (Wildman–Crippen LogP) is 0.240. The van der Waals surface area contributed by atoms with Crippen LogP contribution in [0.25, 0.3) is 0 Å². The SMILES string of the molecule is Cc1nc(CNCC2(CO)CC2)no1. The van der Waals surface area contributed by atoms with Crippen molar-refractivity contribution in [3.8, 4) is 0 Å². The highest BCUT2D eigenvalue weighted by Gasteiger charge is 2.41. The van der Waals surface area contributed by atoms with Crippen LogP contribution in [0.4, 0.5) is 0 Å². The number of aryl methyl sites for hydroxylation is 1. The lowest BCUT2D eigenvalue weighted by molar-refractivity contribution is 0.207. The van der Waals surface area contributed by atoms with Crippen LogP contribution >= 0.6 is 0 Å². The van der Waals surface area contributed by atoms with Crippen molar-refractivity contribution in [2.75, 3.05) is 13.2 Å². The van der Waals surface area contributed by atoms with Gasteiger partial charge in [0.15, 0.2) is 5.82 Å². The van der Waals surface area contributed by atoms with Crippen LogP contribution < -0.4 is 5.32 Å². The topological polar surface area (TPSA) is 71.2 Å². The highest BCUT2D eigenvalue weighted by Crippen LogP contribution is 2.44. The Bertz CT molecular complexity index is 307. The molecule has 0 amide bonds. The molecule has 2 rings (SSSR count). The molecule has 0 aromatic carbocycles. The van der Waals surface area contributed by atoms with Gasteiger partial charge in [0, 0.05) is 25.5 Å². The lowest BCUT2D eigenvalue weighted by Crippen LogP contribution is -2.26. The molecule has 1 aromatic heterocycles. The molecule has 5 heteroatoms. The normalized spacial score (nSPS) is 18.4. The molecule has 1 saturated carbocycles. The van der Waals surface area contributed by atoms with Crippen LogP contribution in [0.2, 0.25) is 0 Å². The van der Waals surface area contributed by atoms with Crippen molar-refractivity contribution in [2.24, 2.45) is 5.41 Å². The number of nitrogens with one attached hydrogen (secondary N) is 1. The van der Waals surface area contributed by atoms with E-state index in [0.29, 0.717) is 18.3 Å². The van der Waals surface area contributed by atoms with Gasteiger partial charge in [-0.1, -0.05) is 5.16 Å². The third-order valence-electron chi connectivity index (χ3n) is 2.65. The number of nitrogens with zero attached hydrogens (tertiary/aromatic N) is 2. The van der Waals surface area contributed by atoms with Gasteiger partial charge in [-0.2, -0.15) is 4.98 Å². The van der Waals surface area contributed by atoms with E-state index in [-0.39, 0.29) is 12.0 Å². The maximum absolute atomic E-state index is 9.07. The fourth-order valence-corrected chi connectivity index (χ4v) is 1.42. The second-order valence-corrected chi connectivity index (χ2v) is 3.99. The summed E-state index contributed by atoms with van der Waals surface area (Å²) in [5, 5.41) is 16.1. The predicted molar refractivity (Wildman–Crippen MR) is 49.5 cm³/mol. The minimum Gasteiger partial charge on any atom is -0.396 e. The van der Waals surface area contributed by atoms with Crippen molar-refractivity contribution in [3.05, 3.63) is 11.7 Å². The summed E-state index contributed by atoms with van der Waals surface area (Å²) in [5.41, 5.74) is 0.138. The van der Waals surface area contributed by atoms with E-state index in [4.69, 9.17) is 9.63 Å². The summed E-state index contributed by atoms with van der Waals surface area (Å²) in [6.07, 6.45) is 2.23. The van der Waals surface area contributed by atoms with Gasteiger partial charge in [0.1, 0.15) is 0 Å². The van der Waals surface area contributed by atoms with E-state index < -0.39 is 0 Å². The summed E-state index contributed by atoms with van der Waals surface area (Å²) < 4.78 is 4.84.